The Morgan fingerprint density at radius 2 is 0.548 bits per heavy atom. The van der Waals surface area contributed by atoms with Crippen molar-refractivity contribution in [2.24, 2.45) is 0 Å². The number of benzene rings is 13. The molecule has 2 nitrogen and oxygen atoms in total. The molecule has 19 rings (SSSR count). The molecule has 13 aromatic carbocycles. The van der Waals surface area contributed by atoms with Crippen molar-refractivity contribution < 1.29 is 8.83 Å². The molecule has 0 spiro atoms. The van der Waals surface area contributed by atoms with Crippen molar-refractivity contribution in [3.63, 3.8) is 0 Å². The molecule has 0 aliphatic heterocycles. The van der Waals surface area contributed by atoms with Gasteiger partial charge in [0.15, 0.2) is 0 Å². The van der Waals surface area contributed by atoms with Crippen molar-refractivity contribution in [1.82, 2.24) is 0 Å². The second-order valence-corrected chi connectivity index (χ2v) is 26.9. The summed E-state index contributed by atoms with van der Waals surface area (Å²) in [5.74, 6) is 0. The second kappa shape index (κ2) is 15.4. The van der Waals surface area contributed by atoms with Crippen LogP contribution >= 0.6 is 0 Å². The van der Waals surface area contributed by atoms with Crippen LogP contribution in [0.3, 0.4) is 0 Å². The van der Waals surface area contributed by atoms with Crippen molar-refractivity contribution in [3.05, 3.63) is 251 Å². The summed E-state index contributed by atoms with van der Waals surface area (Å²) in [6.07, 6.45) is 0. The maximum absolute atomic E-state index is 7.28. The van der Waals surface area contributed by atoms with E-state index >= 15 is 0 Å². The number of para-hydroxylation sites is 2. The van der Waals surface area contributed by atoms with E-state index in [2.05, 4.69) is 262 Å². The van der Waals surface area contributed by atoms with Gasteiger partial charge in [0.05, 0.1) is 0 Å². The van der Waals surface area contributed by atoms with E-state index < -0.39 is 0 Å². The Hall–Kier alpha value is -9.50. The predicted octanol–water partition coefficient (Wildman–Crippen LogP) is 22.7. The second-order valence-electron chi connectivity index (χ2n) is 26.9. The number of rotatable bonds is 2. The van der Waals surface area contributed by atoms with Crippen LogP contribution < -0.4 is 0 Å². The van der Waals surface area contributed by atoms with Crippen LogP contribution in [0, 0.1) is 0 Å². The van der Waals surface area contributed by atoms with E-state index in [0.29, 0.717) is 0 Å². The van der Waals surface area contributed by atoms with Gasteiger partial charge in [-0.2, -0.15) is 0 Å². The number of fused-ring (bicyclic) bond motifs is 30. The Labute approximate surface area is 487 Å². The minimum atomic E-state index is -0.369. The fraction of sp³-hybridized carbons (Fsp3) is 0.146. The molecular formula is C82H58O2. The zero-order valence-electron chi connectivity index (χ0n) is 48.4. The molecule has 2 aromatic heterocycles. The Morgan fingerprint density at radius 3 is 0.940 bits per heavy atom. The van der Waals surface area contributed by atoms with Crippen LogP contribution in [0.4, 0.5) is 0 Å². The number of furan rings is 2. The lowest BCUT2D eigenvalue weighted by molar-refractivity contribution is 0.648. The van der Waals surface area contributed by atoms with Gasteiger partial charge in [-0.15, -0.1) is 0 Å². The third kappa shape index (κ3) is 5.55. The summed E-state index contributed by atoms with van der Waals surface area (Å²) in [6, 6.07) is 78.3. The zero-order chi connectivity index (χ0) is 56.2. The van der Waals surface area contributed by atoms with Gasteiger partial charge in [-0.25, -0.2) is 0 Å². The third-order valence-corrected chi connectivity index (χ3v) is 21.4. The normalized spacial score (nSPS) is 16.0. The summed E-state index contributed by atoms with van der Waals surface area (Å²) in [7, 11) is 0. The van der Waals surface area contributed by atoms with Crippen LogP contribution in [-0.2, 0) is 21.7 Å². The topological polar surface area (TPSA) is 26.3 Å². The lowest BCUT2D eigenvalue weighted by Crippen LogP contribution is -2.17. The van der Waals surface area contributed by atoms with Gasteiger partial charge in [-0.1, -0.05) is 213 Å². The Balaban J connectivity index is 0.819. The predicted molar refractivity (Wildman–Crippen MR) is 352 cm³/mol. The Morgan fingerprint density at radius 1 is 0.238 bits per heavy atom. The van der Waals surface area contributed by atoms with E-state index in [-0.39, 0.29) is 21.7 Å². The Bertz CT molecular complexity index is 5260. The quantitative estimate of drug-likeness (QED) is 0.161. The zero-order valence-corrected chi connectivity index (χ0v) is 48.4. The van der Waals surface area contributed by atoms with Gasteiger partial charge in [0, 0.05) is 54.3 Å². The molecule has 0 fully saturated rings. The van der Waals surface area contributed by atoms with Crippen LogP contribution in [0.25, 0.3) is 154 Å². The number of hydrogen-bond donors (Lipinski definition) is 0. The lowest BCUT2D eigenvalue weighted by atomic mass is 9.78. The molecule has 0 atom stereocenters. The summed E-state index contributed by atoms with van der Waals surface area (Å²) < 4.78 is 14.6. The van der Waals surface area contributed by atoms with Gasteiger partial charge in [-0.3, -0.25) is 0 Å². The minimum absolute atomic E-state index is 0.188. The van der Waals surface area contributed by atoms with Crippen LogP contribution in [0.1, 0.15) is 99.9 Å². The molecule has 0 unspecified atom stereocenters. The lowest BCUT2D eigenvalue weighted by Gasteiger charge is -2.25. The van der Waals surface area contributed by atoms with Crippen molar-refractivity contribution in [2.45, 2.75) is 77.0 Å². The smallest absolute Gasteiger partial charge is 0.144 e. The first-order chi connectivity index (χ1) is 40.7. The van der Waals surface area contributed by atoms with Gasteiger partial charge >= 0.3 is 0 Å². The highest BCUT2D eigenvalue weighted by Crippen LogP contribution is 2.63. The highest BCUT2D eigenvalue weighted by atomic mass is 16.3. The van der Waals surface area contributed by atoms with Crippen LogP contribution in [0.2, 0.25) is 0 Å². The molecule has 0 radical (unpaired) electrons. The molecule has 2 heteroatoms. The van der Waals surface area contributed by atoms with E-state index in [9.17, 15) is 0 Å². The van der Waals surface area contributed by atoms with Gasteiger partial charge < -0.3 is 8.83 Å². The molecule has 84 heavy (non-hydrogen) atoms. The van der Waals surface area contributed by atoms with Crippen LogP contribution in [0.5, 0.6) is 0 Å². The molecule has 4 aliphatic carbocycles. The minimum Gasteiger partial charge on any atom is -0.455 e. The maximum Gasteiger partial charge on any atom is 0.144 e. The monoisotopic (exact) mass is 1070 g/mol. The third-order valence-electron chi connectivity index (χ3n) is 21.4. The highest BCUT2D eigenvalue weighted by Gasteiger charge is 2.46. The summed E-state index contributed by atoms with van der Waals surface area (Å²) in [6.45, 7) is 19.4. The number of hydrogen-bond acceptors (Lipinski definition) is 2. The molecule has 0 saturated carbocycles. The molecule has 0 N–H and O–H groups in total. The molecule has 4 aliphatic rings. The van der Waals surface area contributed by atoms with Crippen LogP contribution in [-0.4, -0.2) is 0 Å². The molecule has 0 saturated heterocycles. The molecule has 15 aromatic rings. The Kier molecular flexibility index (Phi) is 8.61. The molecule has 0 amide bonds. The molecule has 0 bridgehead atoms. The van der Waals surface area contributed by atoms with Crippen molar-refractivity contribution in [3.8, 4) is 66.8 Å². The van der Waals surface area contributed by atoms with E-state index in [1.165, 1.54) is 165 Å². The molecular weight excluding hydrogens is 1020 g/mol. The van der Waals surface area contributed by atoms with E-state index in [1.807, 2.05) is 0 Å². The summed E-state index contributed by atoms with van der Waals surface area (Å²) >= 11 is 0. The summed E-state index contributed by atoms with van der Waals surface area (Å²) in [5.41, 5.74) is 28.6. The van der Waals surface area contributed by atoms with Gasteiger partial charge in [0.1, 0.15) is 22.3 Å². The summed E-state index contributed by atoms with van der Waals surface area (Å²) in [5, 5.41) is 15.2. The van der Waals surface area contributed by atoms with E-state index in [1.54, 1.807) is 0 Å². The first kappa shape index (κ1) is 47.0. The fourth-order valence-electron chi connectivity index (χ4n) is 17.5. The standard InChI is InChI=1S/C82H58O2/c1-79(2)63-41-60-64(42-59(63)73-65(79)39-55(71-53-29-17-19-31-67(53)83-77(71)73)43-33-35-61-57(37-43)69-49-25-13-9-21-45(49)47-23-11-15-27-51(47)75(69)81(61,5)6)80(3,4)66-40-56(72-54-30-18-20-32-68(54)84-78(72)74(60)66)44-34-36-62-58(38-44)70-50-26-14-10-22-46(50)48-24-12-16-28-52(48)76(70)82(62,7)8/h9-42H,1-8H3. The van der Waals surface area contributed by atoms with Gasteiger partial charge in [-0.05, 0) is 192 Å². The highest BCUT2D eigenvalue weighted by molar-refractivity contribution is 6.23. The van der Waals surface area contributed by atoms with Crippen molar-refractivity contribution in [1.29, 1.82) is 0 Å². The fourth-order valence-corrected chi connectivity index (χ4v) is 17.5. The largest absolute Gasteiger partial charge is 0.455 e. The average molecular weight is 1080 g/mol. The SMILES string of the molecule is CC1(C)c2cc3c(cc2-c2c1cc(-c1ccc4c(c1)-c1c(c5ccccc5c5ccccc15)C4(C)C)c1c2oc2ccccc21)C(C)(C)c1cc(-c2ccc4c(c2)-c2c(c5ccccc5c5ccccc25)C4(C)C)c2c(oc4ccccc42)c1-3. The van der Waals surface area contributed by atoms with Crippen molar-refractivity contribution in [2.75, 3.05) is 0 Å². The van der Waals surface area contributed by atoms with Gasteiger partial charge in [0.2, 0.25) is 0 Å². The first-order valence-electron chi connectivity index (χ1n) is 30.1. The molecule has 2 heterocycles. The van der Waals surface area contributed by atoms with Crippen molar-refractivity contribution >= 4 is 87.0 Å². The van der Waals surface area contributed by atoms with Crippen LogP contribution in [0.15, 0.2) is 215 Å². The average Bonchev–Trinajstić information content (AvgIpc) is 1.68. The summed E-state index contributed by atoms with van der Waals surface area (Å²) in [4.78, 5) is 0. The first-order valence-corrected chi connectivity index (χ1v) is 30.1. The van der Waals surface area contributed by atoms with E-state index in [0.717, 1.165) is 33.1 Å². The molecule has 398 valence electrons. The van der Waals surface area contributed by atoms with E-state index in [4.69, 9.17) is 8.83 Å². The maximum atomic E-state index is 7.28. The van der Waals surface area contributed by atoms with Gasteiger partial charge in [0.25, 0.3) is 0 Å².